The Balaban J connectivity index is 1.60. The van der Waals surface area contributed by atoms with Gasteiger partial charge in [-0.1, -0.05) is 42.5 Å². The maximum atomic E-state index is 12.9. The molecule has 0 aromatic heterocycles. The fourth-order valence-electron chi connectivity index (χ4n) is 3.77. The van der Waals surface area contributed by atoms with Crippen LogP contribution in [0.3, 0.4) is 0 Å². The number of nitrogens with one attached hydrogen (secondary N) is 1. The van der Waals surface area contributed by atoms with Gasteiger partial charge in [0.05, 0.1) is 4.90 Å². The van der Waals surface area contributed by atoms with E-state index in [1.165, 1.54) is 6.92 Å². The fraction of sp³-hybridized carbons (Fsp3) is 0.227. The Morgan fingerprint density at radius 2 is 1.86 bits per heavy atom. The molecule has 3 aromatic rings. The van der Waals surface area contributed by atoms with Gasteiger partial charge < -0.3 is 4.90 Å². The van der Waals surface area contributed by atoms with E-state index in [4.69, 9.17) is 0 Å². The summed E-state index contributed by atoms with van der Waals surface area (Å²) in [5.74, 6) is -0.0226. The predicted molar refractivity (Wildman–Crippen MR) is 111 cm³/mol. The maximum absolute atomic E-state index is 12.9. The Bertz CT molecular complexity index is 1150. The molecule has 28 heavy (non-hydrogen) atoms. The van der Waals surface area contributed by atoms with E-state index in [0.29, 0.717) is 6.54 Å². The topological polar surface area (TPSA) is 66.5 Å². The first-order valence-electron chi connectivity index (χ1n) is 9.33. The van der Waals surface area contributed by atoms with Gasteiger partial charge in [-0.25, -0.2) is 13.1 Å². The molecule has 0 unspecified atom stereocenters. The molecule has 5 nitrogen and oxygen atoms in total. The fourth-order valence-corrected chi connectivity index (χ4v) is 4.83. The molecule has 0 atom stereocenters. The lowest BCUT2D eigenvalue weighted by Gasteiger charge is -2.28. The van der Waals surface area contributed by atoms with E-state index in [-0.39, 0.29) is 17.3 Å². The minimum absolute atomic E-state index is 0.0226. The third kappa shape index (κ3) is 3.53. The zero-order chi connectivity index (χ0) is 19.7. The molecule has 0 bridgehead atoms. The van der Waals surface area contributed by atoms with Crippen molar-refractivity contribution in [3.05, 3.63) is 71.8 Å². The number of benzene rings is 3. The van der Waals surface area contributed by atoms with Gasteiger partial charge in [0.15, 0.2) is 0 Å². The van der Waals surface area contributed by atoms with E-state index >= 15 is 0 Å². The summed E-state index contributed by atoms with van der Waals surface area (Å²) < 4.78 is 28.4. The van der Waals surface area contributed by atoms with Gasteiger partial charge in [-0.15, -0.1) is 0 Å². The first-order chi connectivity index (χ1) is 13.5. The SMILES string of the molecule is CC(=O)N1CCCc2cc(S(=O)(=O)NCc3cccc4ccccc34)ccc21. The number of hydrogen-bond donors (Lipinski definition) is 1. The van der Waals surface area contributed by atoms with Crippen LogP contribution in [-0.4, -0.2) is 20.9 Å². The number of anilines is 1. The van der Waals surface area contributed by atoms with Crippen molar-refractivity contribution in [3.63, 3.8) is 0 Å². The van der Waals surface area contributed by atoms with Gasteiger partial charge in [-0.3, -0.25) is 4.79 Å². The van der Waals surface area contributed by atoms with Crippen molar-refractivity contribution >= 4 is 32.4 Å². The van der Waals surface area contributed by atoms with E-state index in [9.17, 15) is 13.2 Å². The second-order valence-corrected chi connectivity index (χ2v) is 8.79. The molecule has 6 heteroatoms. The van der Waals surface area contributed by atoms with Crippen LogP contribution in [0.2, 0.25) is 0 Å². The van der Waals surface area contributed by atoms with Gasteiger partial charge in [0.2, 0.25) is 15.9 Å². The van der Waals surface area contributed by atoms with Crippen LogP contribution in [0.25, 0.3) is 10.8 Å². The molecular weight excluding hydrogens is 372 g/mol. The number of fused-ring (bicyclic) bond motifs is 2. The summed E-state index contributed by atoms with van der Waals surface area (Å²) in [4.78, 5) is 13.7. The lowest BCUT2D eigenvalue weighted by atomic mass is 10.0. The second-order valence-electron chi connectivity index (χ2n) is 7.03. The highest BCUT2D eigenvalue weighted by molar-refractivity contribution is 7.89. The quantitative estimate of drug-likeness (QED) is 0.735. The normalized spacial score (nSPS) is 14.1. The summed E-state index contributed by atoms with van der Waals surface area (Å²) in [7, 11) is -3.65. The Hall–Kier alpha value is -2.70. The highest BCUT2D eigenvalue weighted by Gasteiger charge is 2.23. The molecule has 4 rings (SSSR count). The lowest BCUT2D eigenvalue weighted by molar-refractivity contribution is -0.116. The molecule has 0 fully saturated rings. The van der Waals surface area contributed by atoms with Gasteiger partial charge in [0, 0.05) is 25.7 Å². The first-order valence-corrected chi connectivity index (χ1v) is 10.8. The Labute approximate surface area is 165 Å². The number of carbonyl (C=O) groups excluding carboxylic acids is 1. The zero-order valence-electron chi connectivity index (χ0n) is 15.7. The highest BCUT2D eigenvalue weighted by Crippen LogP contribution is 2.29. The summed E-state index contributed by atoms with van der Waals surface area (Å²) in [6.07, 6.45) is 1.60. The van der Waals surface area contributed by atoms with E-state index in [1.54, 1.807) is 23.1 Å². The minimum Gasteiger partial charge on any atom is -0.312 e. The average Bonchev–Trinajstić information content (AvgIpc) is 2.71. The third-order valence-electron chi connectivity index (χ3n) is 5.19. The van der Waals surface area contributed by atoms with E-state index in [1.807, 2.05) is 42.5 Å². The molecule has 1 amide bonds. The number of rotatable bonds is 4. The zero-order valence-corrected chi connectivity index (χ0v) is 16.5. The maximum Gasteiger partial charge on any atom is 0.240 e. The molecular formula is C22H22N2O3S. The van der Waals surface area contributed by atoms with E-state index in [0.717, 1.165) is 40.4 Å². The van der Waals surface area contributed by atoms with Gasteiger partial charge in [-0.2, -0.15) is 0 Å². The van der Waals surface area contributed by atoms with Gasteiger partial charge >= 0.3 is 0 Å². The van der Waals surface area contributed by atoms with Crippen molar-refractivity contribution in [1.29, 1.82) is 0 Å². The first kappa shape index (κ1) is 18.7. The van der Waals surface area contributed by atoms with Crippen LogP contribution in [-0.2, 0) is 27.8 Å². The summed E-state index contributed by atoms with van der Waals surface area (Å²) in [5, 5.41) is 2.12. The van der Waals surface area contributed by atoms with Crippen molar-refractivity contribution in [2.75, 3.05) is 11.4 Å². The standard InChI is InChI=1S/C22H22N2O3S/c1-16(25)24-13-5-9-18-14-20(11-12-22(18)24)28(26,27)23-15-19-8-4-7-17-6-2-3-10-21(17)19/h2-4,6-8,10-12,14,23H,5,9,13,15H2,1H3. The molecule has 0 spiro atoms. The molecule has 0 saturated carbocycles. The van der Waals surface area contributed by atoms with Crippen LogP contribution in [0.5, 0.6) is 0 Å². The van der Waals surface area contributed by atoms with Crippen LogP contribution in [0.4, 0.5) is 5.69 Å². The highest BCUT2D eigenvalue weighted by atomic mass is 32.2. The predicted octanol–water partition coefficient (Wildman–Crippen LogP) is 3.62. The molecule has 0 saturated heterocycles. The number of amides is 1. The van der Waals surface area contributed by atoms with Gasteiger partial charge in [0.25, 0.3) is 0 Å². The molecule has 1 aliphatic heterocycles. The molecule has 1 heterocycles. The number of carbonyl (C=O) groups is 1. The van der Waals surface area contributed by atoms with Crippen molar-refractivity contribution in [2.45, 2.75) is 31.2 Å². The minimum atomic E-state index is -3.65. The largest absolute Gasteiger partial charge is 0.312 e. The number of nitrogens with zero attached hydrogens (tertiary/aromatic N) is 1. The third-order valence-corrected chi connectivity index (χ3v) is 6.59. The van der Waals surface area contributed by atoms with Gasteiger partial charge in [0.1, 0.15) is 0 Å². The van der Waals surface area contributed by atoms with Gasteiger partial charge in [-0.05, 0) is 52.9 Å². The average molecular weight is 394 g/mol. The van der Waals surface area contributed by atoms with Crippen LogP contribution in [0.1, 0.15) is 24.5 Å². The van der Waals surface area contributed by atoms with E-state index in [2.05, 4.69) is 4.72 Å². The van der Waals surface area contributed by atoms with Crippen LogP contribution < -0.4 is 9.62 Å². The van der Waals surface area contributed by atoms with Crippen LogP contribution in [0.15, 0.2) is 65.6 Å². The molecule has 0 radical (unpaired) electrons. The summed E-state index contributed by atoms with van der Waals surface area (Å²) >= 11 is 0. The van der Waals surface area contributed by atoms with Crippen LogP contribution >= 0.6 is 0 Å². The smallest absolute Gasteiger partial charge is 0.240 e. The number of sulfonamides is 1. The lowest BCUT2D eigenvalue weighted by Crippen LogP contribution is -2.33. The Kier molecular flexibility index (Phi) is 4.91. The van der Waals surface area contributed by atoms with Crippen molar-refractivity contribution < 1.29 is 13.2 Å². The van der Waals surface area contributed by atoms with Crippen molar-refractivity contribution in [2.24, 2.45) is 0 Å². The number of aryl methyl sites for hydroxylation is 1. The molecule has 0 aliphatic carbocycles. The molecule has 1 N–H and O–H groups in total. The summed E-state index contributed by atoms with van der Waals surface area (Å²) in [5.41, 5.74) is 2.64. The monoisotopic (exact) mass is 394 g/mol. The second kappa shape index (κ2) is 7.37. The van der Waals surface area contributed by atoms with Crippen molar-refractivity contribution in [3.8, 4) is 0 Å². The molecule has 1 aliphatic rings. The summed E-state index contributed by atoms with van der Waals surface area (Å²) in [6.45, 7) is 2.43. The Morgan fingerprint density at radius 1 is 1.07 bits per heavy atom. The number of hydrogen-bond acceptors (Lipinski definition) is 3. The van der Waals surface area contributed by atoms with E-state index < -0.39 is 10.0 Å². The van der Waals surface area contributed by atoms with Crippen molar-refractivity contribution in [1.82, 2.24) is 4.72 Å². The summed E-state index contributed by atoms with van der Waals surface area (Å²) in [6, 6.07) is 18.8. The Morgan fingerprint density at radius 3 is 2.68 bits per heavy atom. The molecule has 144 valence electrons. The van der Waals surface area contributed by atoms with Crippen LogP contribution in [0, 0.1) is 0 Å². The molecule has 3 aromatic carbocycles.